The lowest BCUT2D eigenvalue weighted by Gasteiger charge is -2.16. The Balaban J connectivity index is 1.92. The fourth-order valence-electron chi connectivity index (χ4n) is 2.18. The standard InChI is InChI=1S/C15H22N2O2/c1-2-3-10-19-14-6-4-12(5-7-14)15(18)17-9-8-13(16)11-17/h4-7,13H,2-3,8-11,16H2,1H3. The first-order valence-electron chi connectivity index (χ1n) is 6.98. The Kier molecular flexibility index (Phi) is 4.80. The number of hydrogen-bond acceptors (Lipinski definition) is 3. The minimum absolute atomic E-state index is 0.0630. The van der Waals surface area contributed by atoms with Gasteiger partial charge in [0.05, 0.1) is 6.61 Å². The van der Waals surface area contributed by atoms with Crippen molar-refractivity contribution in [3.63, 3.8) is 0 Å². The normalized spacial score (nSPS) is 18.6. The summed E-state index contributed by atoms with van der Waals surface area (Å²) in [5.41, 5.74) is 6.52. The Morgan fingerprint density at radius 2 is 2.16 bits per heavy atom. The van der Waals surface area contributed by atoms with Crippen LogP contribution >= 0.6 is 0 Å². The van der Waals surface area contributed by atoms with Crippen LogP contribution in [-0.4, -0.2) is 36.5 Å². The Morgan fingerprint density at radius 3 is 2.74 bits per heavy atom. The summed E-state index contributed by atoms with van der Waals surface area (Å²) in [5.74, 6) is 0.885. The third-order valence-corrected chi connectivity index (χ3v) is 3.38. The van der Waals surface area contributed by atoms with Gasteiger partial charge in [0.25, 0.3) is 5.91 Å². The predicted octanol–water partition coefficient (Wildman–Crippen LogP) is 2.04. The summed E-state index contributed by atoms with van der Waals surface area (Å²) in [5, 5.41) is 0. The van der Waals surface area contributed by atoms with E-state index in [0.29, 0.717) is 12.1 Å². The molecule has 0 saturated carbocycles. The van der Waals surface area contributed by atoms with E-state index in [1.807, 2.05) is 29.2 Å². The fraction of sp³-hybridized carbons (Fsp3) is 0.533. The molecule has 0 aromatic heterocycles. The Morgan fingerprint density at radius 1 is 1.42 bits per heavy atom. The number of unbranched alkanes of at least 4 members (excludes halogenated alkanes) is 1. The molecule has 4 nitrogen and oxygen atoms in total. The molecule has 1 saturated heterocycles. The quantitative estimate of drug-likeness (QED) is 0.826. The molecule has 0 bridgehead atoms. The molecule has 0 radical (unpaired) electrons. The number of carbonyl (C=O) groups excluding carboxylic acids is 1. The van der Waals surface area contributed by atoms with Crippen molar-refractivity contribution in [3.8, 4) is 5.75 Å². The van der Waals surface area contributed by atoms with Crippen LogP contribution in [0, 0.1) is 0 Å². The predicted molar refractivity (Wildman–Crippen MR) is 75.3 cm³/mol. The zero-order chi connectivity index (χ0) is 13.7. The van der Waals surface area contributed by atoms with Crippen LogP contribution in [0.3, 0.4) is 0 Å². The van der Waals surface area contributed by atoms with Crippen LogP contribution in [0.1, 0.15) is 36.5 Å². The van der Waals surface area contributed by atoms with Crippen molar-refractivity contribution in [2.75, 3.05) is 19.7 Å². The summed E-state index contributed by atoms with van der Waals surface area (Å²) in [4.78, 5) is 14.0. The van der Waals surface area contributed by atoms with Crippen LogP contribution in [0.5, 0.6) is 5.75 Å². The lowest BCUT2D eigenvalue weighted by Crippen LogP contribution is -2.31. The maximum atomic E-state index is 12.2. The first-order valence-corrected chi connectivity index (χ1v) is 6.98. The SMILES string of the molecule is CCCCOc1ccc(C(=O)N2CCC(N)C2)cc1. The third-order valence-electron chi connectivity index (χ3n) is 3.38. The van der Waals surface area contributed by atoms with Crippen molar-refractivity contribution < 1.29 is 9.53 Å². The van der Waals surface area contributed by atoms with Gasteiger partial charge >= 0.3 is 0 Å². The molecule has 19 heavy (non-hydrogen) atoms. The van der Waals surface area contributed by atoms with Gasteiger partial charge in [-0.1, -0.05) is 13.3 Å². The second kappa shape index (κ2) is 6.57. The Labute approximate surface area is 114 Å². The summed E-state index contributed by atoms with van der Waals surface area (Å²) in [6, 6.07) is 7.50. The lowest BCUT2D eigenvalue weighted by molar-refractivity contribution is 0.0791. The molecule has 104 valence electrons. The van der Waals surface area contributed by atoms with Gasteiger partial charge in [-0.25, -0.2) is 0 Å². The molecule has 1 unspecified atom stereocenters. The number of hydrogen-bond donors (Lipinski definition) is 1. The average molecular weight is 262 g/mol. The molecule has 1 atom stereocenters. The number of ether oxygens (including phenoxy) is 1. The molecule has 2 N–H and O–H groups in total. The fourth-order valence-corrected chi connectivity index (χ4v) is 2.18. The topological polar surface area (TPSA) is 55.6 Å². The van der Waals surface area contributed by atoms with E-state index in [0.717, 1.165) is 38.2 Å². The maximum Gasteiger partial charge on any atom is 0.253 e. The van der Waals surface area contributed by atoms with Crippen molar-refractivity contribution in [1.82, 2.24) is 4.90 Å². The smallest absolute Gasteiger partial charge is 0.253 e. The van der Waals surface area contributed by atoms with Crippen LogP contribution in [0.2, 0.25) is 0 Å². The molecule has 4 heteroatoms. The van der Waals surface area contributed by atoms with Gasteiger partial charge in [0.2, 0.25) is 0 Å². The molecule has 1 aromatic rings. The van der Waals surface area contributed by atoms with Crippen molar-refractivity contribution in [1.29, 1.82) is 0 Å². The average Bonchev–Trinajstić information content (AvgIpc) is 2.86. The van der Waals surface area contributed by atoms with Crippen molar-refractivity contribution in [2.24, 2.45) is 5.73 Å². The second-order valence-electron chi connectivity index (χ2n) is 5.03. The lowest BCUT2D eigenvalue weighted by atomic mass is 10.2. The molecule has 0 aliphatic carbocycles. The van der Waals surface area contributed by atoms with E-state index in [1.165, 1.54) is 0 Å². The van der Waals surface area contributed by atoms with E-state index in [-0.39, 0.29) is 11.9 Å². The highest BCUT2D eigenvalue weighted by molar-refractivity contribution is 5.94. The molecule has 0 spiro atoms. The number of nitrogens with zero attached hydrogens (tertiary/aromatic N) is 1. The number of benzene rings is 1. The van der Waals surface area contributed by atoms with E-state index in [1.54, 1.807) is 0 Å². The van der Waals surface area contributed by atoms with E-state index in [2.05, 4.69) is 6.92 Å². The van der Waals surface area contributed by atoms with Crippen LogP contribution in [0.25, 0.3) is 0 Å². The van der Waals surface area contributed by atoms with Crippen molar-refractivity contribution in [3.05, 3.63) is 29.8 Å². The highest BCUT2D eigenvalue weighted by Crippen LogP contribution is 2.16. The highest BCUT2D eigenvalue weighted by atomic mass is 16.5. The molecule has 2 rings (SSSR count). The number of likely N-dealkylation sites (tertiary alicyclic amines) is 1. The summed E-state index contributed by atoms with van der Waals surface area (Å²) in [6.07, 6.45) is 3.06. The molecule has 1 fully saturated rings. The van der Waals surface area contributed by atoms with Gasteiger partial charge < -0.3 is 15.4 Å². The van der Waals surface area contributed by atoms with E-state index >= 15 is 0 Å². The number of nitrogens with two attached hydrogens (primary N) is 1. The van der Waals surface area contributed by atoms with E-state index in [4.69, 9.17) is 10.5 Å². The van der Waals surface area contributed by atoms with Crippen LogP contribution in [0.15, 0.2) is 24.3 Å². The van der Waals surface area contributed by atoms with Crippen LogP contribution in [0.4, 0.5) is 0 Å². The van der Waals surface area contributed by atoms with E-state index < -0.39 is 0 Å². The largest absolute Gasteiger partial charge is 0.494 e. The highest BCUT2D eigenvalue weighted by Gasteiger charge is 2.24. The van der Waals surface area contributed by atoms with Crippen LogP contribution < -0.4 is 10.5 Å². The maximum absolute atomic E-state index is 12.2. The summed E-state index contributed by atoms with van der Waals surface area (Å²) in [6.45, 7) is 4.28. The van der Waals surface area contributed by atoms with Gasteiger partial charge in [-0.2, -0.15) is 0 Å². The molecule has 1 amide bonds. The van der Waals surface area contributed by atoms with Gasteiger partial charge in [-0.05, 0) is 37.1 Å². The minimum atomic E-state index is 0.0630. The minimum Gasteiger partial charge on any atom is -0.494 e. The molecular weight excluding hydrogens is 240 g/mol. The molecule has 1 aromatic carbocycles. The molecule has 1 heterocycles. The Bertz CT molecular complexity index is 417. The van der Waals surface area contributed by atoms with Crippen molar-refractivity contribution in [2.45, 2.75) is 32.2 Å². The van der Waals surface area contributed by atoms with E-state index in [9.17, 15) is 4.79 Å². The van der Waals surface area contributed by atoms with Gasteiger partial charge in [0.15, 0.2) is 0 Å². The van der Waals surface area contributed by atoms with Gasteiger partial charge in [0.1, 0.15) is 5.75 Å². The summed E-state index contributed by atoms with van der Waals surface area (Å²) in [7, 11) is 0. The van der Waals surface area contributed by atoms with Gasteiger partial charge in [-0.15, -0.1) is 0 Å². The molecule has 1 aliphatic heterocycles. The third kappa shape index (κ3) is 3.70. The van der Waals surface area contributed by atoms with Crippen molar-refractivity contribution >= 4 is 5.91 Å². The Hall–Kier alpha value is -1.55. The first-order chi connectivity index (χ1) is 9.20. The van der Waals surface area contributed by atoms with Gasteiger partial charge in [0, 0.05) is 24.7 Å². The monoisotopic (exact) mass is 262 g/mol. The summed E-state index contributed by atoms with van der Waals surface area (Å²) < 4.78 is 5.58. The molecule has 1 aliphatic rings. The molecular formula is C15H22N2O2. The summed E-state index contributed by atoms with van der Waals surface area (Å²) >= 11 is 0. The zero-order valence-electron chi connectivity index (χ0n) is 11.5. The first kappa shape index (κ1) is 13.9. The van der Waals surface area contributed by atoms with Gasteiger partial charge in [-0.3, -0.25) is 4.79 Å². The number of amides is 1. The number of rotatable bonds is 5. The number of carbonyl (C=O) groups is 1. The zero-order valence-corrected chi connectivity index (χ0v) is 11.5. The second-order valence-corrected chi connectivity index (χ2v) is 5.03. The van der Waals surface area contributed by atoms with Crippen LogP contribution in [-0.2, 0) is 0 Å².